The maximum absolute atomic E-state index is 2.39. The Labute approximate surface area is 130 Å². The second-order valence-electron chi connectivity index (χ2n) is 6.60. The van der Waals surface area contributed by atoms with Crippen LogP contribution in [0, 0.1) is 48.5 Å². The first kappa shape index (κ1) is 15.8. The molecule has 2 rings (SSSR count). The van der Waals surface area contributed by atoms with Crippen LogP contribution in [0.25, 0.3) is 0 Å². The van der Waals surface area contributed by atoms with Gasteiger partial charge in [0, 0.05) is 0 Å². The van der Waals surface area contributed by atoms with E-state index < -0.39 is 0 Å². The molecule has 0 saturated carbocycles. The largest absolute Gasteiger partial charge is 0.0561 e. The summed E-state index contributed by atoms with van der Waals surface area (Å²) in [4.78, 5) is 0. The van der Waals surface area contributed by atoms with E-state index in [1.165, 1.54) is 50.1 Å². The second kappa shape index (κ2) is 6.05. The predicted molar refractivity (Wildman–Crippen MR) is 93.5 cm³/mol. The minimum absolute atomic E-state index is 1.14. The zero-order valence-electron chi connectivity index (χ0n) is 14.6. The van der Waals surface area contributed by atoms with Crippen LogP contribution >= 0.6 is 0 Å². The van der Waals surface area contributed by atoms with Crippen molar-refractivity contribution in [2.45, 2.75) is 61.3 Å². The SMILES string of the molecule is Cc1cc(C)c(CCc2cc(C)c(C)c(C)c2C)c(C)c1. The van der Waals surface area contributed by atoms with Gasteiger partial charge in [-0.25, -0.2) is 0 Å². The molecule has 0 aromatic heterocycles. The lowest BCUT2D eigenvalue weighted by molar-refractivity contribution is 0.919. The van der Waals surface area contributed by atoms with Gasteiger partial charge in [0.1, 0.15) is 0 Å². The van der Waals surface area contributed by atoms with Gasteiger partial charge >= 0.3 is 0 Å². The number of rotatable bonds is 3. The molecule has 0 atom stereocenters. The van der Waals surface area contributed by atoms with Crippen LogP contribution in [0.15, 0.2) is 18.2 Å². The number of hydrogen-bond donors (Lipinski definition) is 0. The van der Waals surface area contributed by atoms with Gasteiger partial charge in [0.15, 0.2) is 0 Å². The van der Waals surface area contributed by atoms with E-state index in [0.717, 1.165) is 12.8 Å². The first-order valence-corrected chi connectivity index (χ1v) is 7.94. The normalized spacial score (nSPS) is 11.0. The van der Waals surface area contributed by atoms with Crippen molar-refractivity contribution in [2.24, 2.45) is 0 Å². The number of aryl methyl sites for hydroxylation is 5. The van der Waals surface area contributed by atoms with E-state index in [9.17, 15) is 0 Å². The zero-order valence-corrected chi connectivity index (χ0v) is 14.6. The molecule has 0 N–H and O–H groups in total. The summed E-state index contributed by atoms with van der Waals surface area (Å²) in [5.74, 6) is 0. The van der Waals surface area contributed by atoms with E-state index in [-0.39, 0.29) is 0 Å². The van der Waals surface area contributed by atoms with Gasteiger partial charge in [-0.15, -0.1) is 0 Å². The highest BCUT2D eigenvalue weighted by molar-refractivity contribution is 5.45. The molecule has 0 fully saturated rings. The van der Waals surface area contributed by atoms with E-state index in [0.29, 0.717) is 0 Å². The summed E-state index contributed by atoms with van der Waals surface area (Å²) in [7, 11) is 0. The summed E-state index contributed by atoms with van der Waals surface area (Å²) >= 11 is 0. The minimum Gasteiger partial charge on any atom is -0.0561 e. The van der Waals surface area contributed by atoms with Crippen LogP contribution in [-0.4, -0.2) is 0 Å². The number of hydrogen-bond acceptors (Lipinski definition) is 0. The molecular weight excluding hydrogens is 252 g/mol. The van der Waals surface area contributed by atoms with E-state index in [4.69, 9.17) is 0 Å². The molecule has 0 saturated heterocycles. The van der Waals surface area contributed by atoms with E-state index in [1.54, 1.807) is 0 Å². The smallest absolute Gasteiger partial charge is 0.0233 e. The summed E-state index contributed by atoms with van der Waals surface area (Å²) in [6.07, 6.45) is 2.28. The van der Waals surface area contributed by atoms with Gasteiger partial charge in [-0.1, -0.05) is 23.8 Å². The lowest BCUT2D eigenvalue weighted by atomic mass is 9.89. The molecule has 0 amide bonds. The Kier molecular flexibility index (Phi) is 4.56. The topological polar surface area (TPSA) is 0 Å². The van der Waals surface area contributed by atoms with Gasteiger partial charge in [0.25, 0.3) is 0 Å². The Hall–Kier alpha value is -1.56. The van der Waals surface area contributed by atoms with Gasteiger partial charge in [-0.3, -0.25) is 0 Å². The maximum Gasteiger partial charge on any atom is -0.0233 e. The van der Waals surface area contributed by atoms with Crippen LogP contribution in [0.3, 0.4) is 0 Å². The van der Waals surface area contributed by atoms with Crippen molar-refractivity contribution in [3.63, 3.8) is 0 Å². The van der Waals surface area contributed by atoms with Crippen molar-refractivity contribution >= 4 is 0 Å². The van der Waals surface area contributed by atoms with Crippen LogP contribution in [0.2, 0.25) is 0 Å². The molecule has 0 bridgehead atoms. The molecule has 2 aromatic rings. The highest BCUT2D eigenvalue weighted by Crippen LogP contribution is 2.24. The van der Waals surface area contributed by atoms with Crippen LogP contribution in [0.1, 0.15) is 50.1 Å². The van der Waals surface area contributed by atoms with Crippen LogP contribution in [0.5, 0.6) is 0 Å². The average molecular weight is 280 g/mol. The Morgan fingerprint density at radius 2 is 1.14 bits per heavy atom. The second-order valence-corrected chi connectivity index (χ2v) is 6.60. The maximum atomic E-state index is 2.39. The van der Waals surface area contributed by atoms with Crippen LogP contribution < -0.4 is 0 Å². The van der Waals surface area contributed by atoms with Crippen molar-refractivity contribution in [3.05, 3.63) is 68.3 Å². The van der Waals surface area contributed by atoms with Crippen molar-refractivity contribution in [3.8, 4) is 0 Å². The summed E-state index contributed by atoms with van der Waals surface area (Å²) in [6.45, 7) is 15.7. The average Bonchev–Trinajstić information content (AvgIpc) is 2.40. The third kappa shape index (κ3) is 3.20. The molecule has 0 unspecified atom stereocenters. The lowest BCUT2D eigenvalue weighted by Gasteiger charge is -2.16. The molecule has 0 aliphatic heterocycles. The Morgan fingerprint density at radius 3 is 1.71 bits per heavy atom. The molecule has 2 aromatic carbocycles. The standard InChI is InChI=1S/C21H28/c1-13-10-15(3)21(16(4)11-13)9-8-20-12-14(2)17(5)18(6)19(20)7/h10-12H,8-9H2,1-7H3. The van der Waals surface area contributed by atoms with Crippen molar-refractivity contribution < 1.29 is 0 Å². The zero-order chi connectivity index (χ0) is 15.7. The molecule has 0 aliphatic rings. The van der Waals surface area contributed by atoms with Gasteiger partial charge in [0.2, 0.25) is 0 Å². The van der Waals surface area contributed by atoms with Crippen molar-refractivity contribution in [1.82, 2.24) is 0 Å². The summed E-state index contributed by atoms with van der Waals surface area (Å²) in [5.41, 5.74) is 13.1. The summed E-state index contributed by atoms with van der Waals surface area (Å²) in [5, 5.41) is 0. The highest BCUT2D eigenvalue weighted by Gasteiger charge is 2.09. The molecule has 112 valence electrons. The molecular formula is C21H28. The number of benzene rings is 2. The Bertz CT molecular complexity index is 652. The van der Waals surface area contributed by atoms with E-state index >= 15 is 0 Å². The van der Waals surface area contributed by atoms with E-state index in [1.807, 2.05) is 0 Å². The minimum atomic E-state index is 1.14. The fourth-order valence-corrected chi connectivity index (χ4v) is 3.42. The first-order chi connectivity index (χ1) is 9.81. The lowest BCUT2D eigenvalue weighted by Crippen LogP contribution is -2.02. The van der Waals surface area contributed by atoms with E-state index in [2.05, 4.69) is 66.7 Å². The Morgan fingerprint density at radius 1 is 0.571 bits per heavy atom. The van der Waals surface area contributed by atoms with Crippen molar-refractivity contribution in [2.75, 3.05) is 0 Å². The fraction of sp³-hybridized carbons (Fsp3) is 0.429. The van der Waals surface area contributed by atoms with Gasteiger partial charge in [-0.05, 0) is 106 Å². The van der Waals surface area contributed by atoms with Crippen LogP contribution in [-0.2, 0) is 12.8 Å². The fourth-order valence-electron chi connectivity index (χ4n) is 3.42. The molecule has 0 heterocycles. The highest BCUT2D eigenvalue weighted by atomic mass is 14.1. The molecule has 0 heteroatoms. The van der Waals surface area contributed by atoms with Gasteiger partial charge in [-0.2, -0.15) is 0 Å². The molecule has 0 spiro atoms. The quantitative estimate of drug-likeness (QED) is 0.683. The van der Waals surface area contributed by atoms with Crippen LogP contribution in [0.4, 0.5) is 0 Å². The third-order valence-corrected chi connectivity index (χ3v) is 5.07. The molecule has 0 aliphatic carbocycles. The molecule has 0 nitrogen and oxygen atoms in total. The summed E-state index contributed by atoms with van der Waals surface area (Å²) < 4.78 is 0. The summed E-state index contributed by atoms with van der Waals surface area (Å²) in [6, 6.07) is 7.00. The third-order valence-electron chi connectivity index (χ3n) is 5.07. The van der Waals surface area contributed by atoms with Gasteiger partial charge < -0.3 is 0 Å². The Balaban J connectivity index is 2.29. The molecule has 0 radical (unpaired) electrons. The van der Waals surface area contributed by atoms with Gasteiger partial charge in [0.05, 0.1) is 0 Å². The van der Waals surface area contributed by atoms with Crippen molar-refractivity contribution in [1.29, 1.82) is 0 Å². The predicted octanol–water partition coefficient (Wildman–Crippen LogP) is 5.63. The monoisotopic (exact) mass is 280 g/mol. The first-order valence-electron chi connectivity index (χ1n) is 7.94. The molecule has 21 heavy (non-hydrogen) atoms.